The Hall–Kier alpha value is -3.15. The molecule has 0 aliphatic carbocycles. The van der Waals surface area contributed by atoms with Crippen LogP contribution in [-0.2, 0) is 4.79 Å². The lowest BCUT2D eigenvalue weighted by Gasteiger charge is -2.06. The highest BCUT2D eigenvalue weighted by Crippen LogP contribution is 2.23. The summed E-state index contributed by atoms with van der Waals surface area (Å²) in [6.45, 7) is 0.130. The SMILES string of the molecule is O=C(CNc1ccccc1)Nc1nonc1-c1ccccc1. The summed E-state index contributed by atoms with van der Waals surface area (Å²) >= 11 is 0. The van der Waals surface area contributed by atoms with E-state index in [1.165, 1.54) is 0 Å². The predicted octanol–water partition coefficient (Wildman–Crippen LogP) is 2.79. The third-order valence-corrected chi connectivity index (χ3v) is 3.02. The Balaban J connectivity index is 1.64. The summed E-state index contributed by atoms with van der Waals surface area (Å²) in [4.78, 5) is 12.0. The normalized spacial score (nSPS) is 10.2. The lowest BCUT2D eigenvalue weighted by Crippen LogP contribution is -2.22. The minimum absolute atomic E-state index is 0.130. The van der Waals surface area contributed by atoms with Gasteiger partial charge < -0.3 is 10.6 Å². The van der Waals surface area contributed by atoms with E-state index in [4.69, 9.17) is 4.63 Å². The van der Waals surface area contributed by atoms with Crippen LogP contribution >= 0.6 is 0 Å². The molecule has 110 valence electrons. The van der Waals surface area contributed by atoms with Gasteiger partial charge in [-0.15, -0.1) is 0 Å². The Labute approximate surface area is 127 Å². The van der Waals surface area contributed by atoms with Crippen LogP contribution < -0.4 is 10.6 Å². The van der Waals surface area contributed by atoms with Gasteiger partial charge in [0.25, 0.3) is 0 Å². The number of para-hydroxylation sites is 1. The second kappa shape index (κ2) is 6.53. The maximum absolute atomic E-state index is 12.0. The Morgan fingerprint density at radius 2 is 1.64 bits per heavy atom. The molecule has 0 aliphatic rings. The third-order valence-electron chi connectivity index (χ3n) is 3.02. The van der Waals surface area contributed by atoms with Gasteiger partial charge in [-0.3, -0.25) is 4.79 Å². The van der Waals surface area contributed by atoms with E-state index in [0.717, 1.165) is 11.3 Å². The van der Waals surface area contributed by atoms with Gasteiger partial charge >= 0.3 is 0 Å². The topological polar surface area (TPSA) is 80.0 Å². The smallest absolute Gasteiger partial charge is 0.244 e. The fourth-order valence-electron chi connectivity index (χ4n) is 1.97. The van der Waals surface area contributed by atoms with Crippen LogP contribution in [0.2, 0.25) is 0 Å². The monoisotopic (exact) mass is 294 g/mol. The zero-order valence-electron chi connectivity index (χ0n) is 11.7. The van der Waals surface area contributed by atoms with Gasteiger partial charge in [0.05, 0.1) is 6.54 Å². The van der Waals surface area contributed by atoms with Gasteiger partial charge in [0.15, 0.2) is 5.69 Å². The third kappa shape index (κ3) is 3.29. The molecule has 3 aromatic rings. The number of carbonyl (C=O) groups is 1. The second-order valence-electron chi connectivity index (χ2n) is 4.60. The van der Waals surface area contributed by atoms with Gasteiger partial charge in [0.2, 0.25) is 11.7 Å². The van der Waals surface area contributed by atoms with E-state index in [1.54, 1.807) is 0 Å². The van der Waals surface area contributed by atoms with Crippen molar-refractivity contribution in [1.29, 1.82) is 0 Å². The molecule has 2 aromatic carbocycles. The highest BCUT2D eigenvalue weighted by molar-refractivity contribution is 5.95. The number of aromatic nitrogens is 2. The molecule has 0 bridgehead atoms. The lowest BCUT2D eigenvalue weighted by atomic mass is 10.1. The second-order valence-corrected chi connectivity index (χ2v) is 4.60. The molecule has 2 N–H and O–H groups in total. The summed E-state index contributed by atoms with van der Waals surface area (Å²) in [5.74, 6) is 0.0859. The van der Waals surface area contributed by atoms with Crippen molar-refractivity contribution < 1.29 is 9.42 Å². The Morgan fingerprint density at radius 1 is 0.955 bits per heavy atom. The van der Waals surface area contributed by atoms with Gasteiger partial charge in [0.1, 0.15) is 0 Å². The molecule has 1 amide bonds. The maximum atomic E-state index is 12.0. The van der Waals surface area contributed by atoms with Crippen LogP contribution in [0.4, 0.5) is 11.5 Å². The molecule has 0 atom stereocenters. The van der Waals surface area contributed by atoms with Crippen molar-refractivity contribution in [3.8, 4) is 11.3 Å². The van der Waals surface area contributed by atoms with E-state index in [-0.39, 0.29) is 12.5 Å². The molecule has 6 nitrogen and oxygen atoms in total. The highest BCUT2D eigenvalue weighted by Gasteiger charge is 2.14. The van der Waals surface area contributed by atoms with Crippen molar-refractivity contribution in [3.63, 3.8) is 0 Å². The Kier molecular flexibility index (Phi) is 4.10. The van der Waals surface area contributed by atoms with Gasteiger partial charge in [0, 0.05) is 11.3 Å². The molecule has 3 rings (SSSR count). The summed E-state index contributed by atoms with van der Waals surface area (Å²) < 4.78 is 4.73. The fraction of sp³-hybridized carbons (Fsp3) is 0.0625. The van der Waals surface area contributed by atoms with Crippen molar-refractivity contribution in [2.45, 2.75) is 0 Å². The highest BCUT2D eigenvalue weighted by atomic mass is 16.6. The molecule has 0 saturated heterocycles. The van der Waals surface area contributed by atoms with Crippen molar-refractivity contribution in [3.05, 3.63) is 60.7 Å². The van der Waals surface area contributed by atoms with Crippen LogP contribution in [0.5, 0.6) is 0 Å². The molecule has 0 radical (unpaired) electrons. The first kappa shape index (κ1) is 13.8. The van der Waals surface area contributed by atoms with Crippen molar-refractivity contribution >= 4 is 17.4 Å². The van der Waals surface area contributed by atoms with Gasteiger partial charge in [-0.2, -0.15) is 0 Å². The molecule has 1 heterocycles. The van der Waals surface area contributed by atoms with Crippen LogP contribution in [0, 0.1) is 0 Å². The van der Waals surface area contributed by atoms with Crippen LogP contribution in [0.25, 0.3) is 11.3 Å². The van der Waals surface area contributed by atoms with Crippen molar-refractivity contribution in [1.82, 2.24) is 10.3 Å². The standard InChI is InChI=1S/C16H14N4O2/c21-14(11-17-13-9-5-2-6-10-13)18-16-15(19-22-20-16)12-7-3-1-4-8-12/h1-10,17H,11H2,(H,18,20,21). The number of anilines is 2. The number of carbonyl (C=O) groups excluding carboxylic acids is 1. The van der Waals surface area contributed by atoms with Gasteiger partial charge in [-0.05, 0) is 22.4 Å². The molecular formula is C16H14N4O2. The summed E-state index contributed by atoms with van der Waals surface area (Å²) in [7, 11) is 0. The van der Waals surface area contributed by atoms with Crippen LogP contribution in [-0.4, -0.2) is 22.8 Å². The molecule has 0 aliphatic heterocycles. The van der Waals surface area contributed by atoms with Crippen LogP contribution in [0.1, 0.15) is 0 Å². The molecule has 22 heavy (non-hydrogen) atoms. The predicted molar refractivity (Wildman–Crippen MR) is 83.3 cm³/mol. The number of hydrogen-bond acceptors (Lipinski definition) is 5. The maximum Gasteiger partial charge on any atom is 0.244 e. The quantitative estimate of drug-likeness (QED) is 0.756. The number of nitrogens with zero attached hydrogens (tertiary/aromatic N) is 2. The summed E-state index contributed by atoms with van der Waals surface area (Å²) in [6, 6.07) is 18.9. The van der Waals surface area contributed by atoms with E-state index < -0.39 is 0 Å². The Bertz CT molecular complexity index is 741. The number of nitrogens with one attached hydrogen (secondary N) is 2. The zero-order chi connectivity index (χ0) is 15.2. The lowest BCUT2D eigenvalue weighted by molar-refractivity contribution is -0.114. The van der Waals surface area contributed by atoms with Crippen molar-refractivity contribution in [2.24, 2.45) is 0 Å². The molecule has 0 spiro atoms. The van der Waals surface area contributed by atoms with Gasteiger partial charge in [-0.25, -0.2) is 4.63 Å². The first-order valence-electron chi connectivity index (χ1n) is 6.79. The number of benzene rings is 2. The number of hydrogen-bond donors (Lipinski definition) is 2. The number of rotatable bonds is 5. The minimum atomic E-state index is -0.225. The van der Waals surface area contributed by atoms with Crippen LogP contribution in [0.15, 0.2) is 65.3 Å². The van der Waals surface area contributed by atoms with Crippen LogP contribution in [0.3, 0.4) is 0 Å². The van der Waals surface area contributed by atoms with E-state index in [0.29, 0.717) is 11.5 Å². The summed E-state index contributed by atoms with van der Waals surface area (Å²) in [5, 5.41) is 13.3. The van der Waals surface area contributed by atoms with Crippen molar-refractivity contribution in [2.75, 3.05) is 17.2 Å². The van der Waals surface area contributed by atoms with E-state index in [9.17, 15) is 4.79 Å². The number of amides is 1. The summed E-state index contributed by atoms with van der Waals surface area (Å²) in [6.07, 6.45) is 0. The van der Waals surface area contributed by atoms with Gasteiger partial charge in [-0.1, -0.05) is 48.5 Å². The first-order valence-corrected chi connectivity index (χ1v) is 6.79. The average molecular weight is 294 g/mol. The zero-order valence-corrected chi connectivity index (χ0v) is 11.7. The first-order chi connectivity index (χ1) is 10.8. The molecule has 6 heteroatoms. The van der Waals surface area contributed by atoms with E-state index >= 15 is 0 Å². The Morgan fingerprint density at radius 3 is 2.36 bits per heavy atom. The minimum Gasteiger partial charge on any atom is -0.376 e. The average Bonchev–Trinajstić information content (AvgIpc) is 3.03. The molecule has 1 aromatic heterocycles. The fourth-order valence-corrected chi connectivity index (χ4v) is 1.97. The van der Waals surface area contributed by atoms with E-state index in [2.05, 4.69) is 20.9 Å². The largest absolute Gasteiger partial charge is 0.376 e. The van der Waals surface area contributed by atoms with E-state index in [1.807, 2.05) is 60.7 Å². The molecule has 0 saturated carbocycles. The molecule has 0 fully saturated rings. The summed E-state index contributed by atoms with van der Waals surface area (Å²) in [5.41, 5.74) is 2.21. The molecular weight excluding hydrogens is 280 g/mol. The molecule has 0 unspecified atom stereocenters.